The first-order valence-corrected chi connectivity index (χ1v) is 9.71. The third kappa shape index (κ3) is 4.37. The summed E-state index contributed by atoms with van der Waals surface area (Å²) in [6.07, 6.45) is 1.51. The van der Waals surface area contributed by atoms with Crippen LogP contribution in [0.3, 0.4) is 0 Å². The quantitative estimate of drug-likeness (QED) is 0.660. The molecule has 0 spiro atoms. The predicted octanol–water partition coefficient (Wildman–Crippen LogP) is 0.579. The van der Waals surface area contributed by atoms with E-state index in [1.165, 1.54) is 18.5 Å². The van der Waals surface area contributed by atoms with Gasteiger partial charge in [-0.15, -0.1) is 0 Å². The zero-order valence-electron chi connectivity index (χ0n) is 16.6. The summed E-state index contributed by atoms with van der Waals surface area (Å²) in [6, 6.07) is 7.82. The van der Waals surface area contributed by atoms with Crippen LogP contribution in [0, 0.1) is 12.7 Å². The van der Waals surface area contributed by atoms with Gasteiger partial charge in [0.1, 0.15) is 18.0 Å². The fourth-order valence-electron chi connectivity index (χ4n) is 3.50. The summed E-state index contributed by atoms with van der Waals surface area (Å²) in [6.45, 7) is 4.19. The number of carbonyl (C=O) groups excluding carboxylic acids is 2. The summed E-state index contributed by atoms with van der Waals surface area (Å²) < 4.78 is 14.9. The van der Waals surface area contributed by atoms with Crippen molar-refractivity contribution in [3.63, 3.8) is 0 Å². The van der Waals surface area contributed by atoms with Crippen LogP contribution in [-0.2, 0) is 16.0 Å². The molecular formula is C20H22FN7O2. The van der Waals surface area contributed by atoms with E-state index in [0.717, 1.165) is 11.5 Å². The first kappa shape index (κ1) is 19.7. The molecule has 0 saturated carbocycles. The number of amides is 2. The number of aryl methyl sites for hydroxylation is 1. The highest BCUT2D eigenvalue weighted by Gasteiger charge is 2.23. The lowest BCUT2D eigenvalue weighted by atomic mass is 10.1. The van der Waals surface area contributed by atoms with E-state index in [9.17, 15) is 14.0 Å². The third-order valence-corrected chi connectivity index (χ3v) is 5.01. The molecule has 1 aliphatic heterocycles. The van der Waals surface area contributed by atoms with Crippen molar-refractivity contribution in [2.75, 3.05) is 37.6 Å². The highest BCUT2D eigenvalue weighted by molar-refractivity contribution is 5.85. The Morgan fingerprint density at radius 3 is 2.73 bits per heavy atom. The average molecular weight is 411 g/mol. The highest BCUT2D eigenvalue weighted by Crippen LogP contribution is 2.17. The molecule has 1 N–H and O–H groups in total. The van der Waals surface area contributed by atoms with Crippen molar-refractivity contribution in [1.29, 1.82) is 0 Å². The van der Waals surface area contributed by atoms with Crippen LogP contribution in [0.5, 0.6) is 0 Å². The summed E-state index contributed by atoms with van der Waals surface area (Å²) in [5, 5.41) is 6.85. The number of fused-ring (bicyclic) bond motifs is 1. The average Bonchev–Trinajstić information content (AvgIpc) is 3.20. The SMILES string of the molecule is Cc1cc(N2CCN(C(=O)CNC(=O)Cc3cccc(F)c3)CC2)n2ncnc2n1. The normalized spacial score (nSPS) is 14.2. The smallest absolute Gasteiger partial charge is 0.254 e. The number of carbonyl (C=O) groups is 2. The molecule has 3 heterocycles. The minimum atomic E-state index is -0.387. The molecule has 3 aromatic rings. The second-order valence-corrected chi connectivity index (χ2v) is 7.18. The van der Waals surface area contributed by atoms with Gasteiger partial charge in [-0.1, -0.05) is 12.1 Å². The zero-order chi connectivity index (χ0) is 21.1. The maximum atomic E-state index is 13.2. The van der Waals surface area contributed by atoms with Gasteiger partial charge in [0.15, 0.2) is 0 Å². The van der Waals surface area contributed by atoms with Crippen molar-refractivity contribution in [2.24, 2.45) is 0 Å². The Bertz CT molecular complexity index is 1080. The fourth-order valence-corrected chi connectivity index (χ4v) is 3.50. The van der Waals surface area contributed by atoms with Gasteiger partial charge in [-0.25, -0.2) is 9.37 Å². The van der Waals surface area contributed by atoms with Gasteiger partial charge in [-0.2, -0.15) is 14.6 Å². The summed E-state index contributed by atoms with van der Waals surface area (Å²) in [5.74, 6) is 0.601. The van der Waals surface area contributed by atoms with Crippen LogP contribution in [0.2, 0.25) is 0 Å². The molecule has 10 heteroatoms. The molecule has 1 aromatic carbocycles. The van der Waals surface area contributed by atoms with E-state index in [-0.39, 0.29) is 30.6 Å². The Morgan fingerprint density at radius 2 is 1.97 bits per heavy atom. The number of rotatable bonds is 5. The van der Waals surface area contributed by atoms with Gasteiger partial charge in [-0.05, 0) is 24.6 Å². The topological polar surface area (TPSA) is 95.7 Å². The van der Waals surface area contributed by atoms with E-state index < -0.39 is 0 Å². The first-order chi connectivity index (χ1) is 14.5. The van der Waals surface area contributed by atoms with E-state index in [1.807, 2.05) is 13.0 Å². The van der Waals surface area contributed by atoms with Crippen LogP contribution in [0.25, 0.3) is 5.78 Å². The molecule has 156 valence electrons. The van der Waals surface area contributed by atoms with E-state index >= 15 is 0 Å². The minimum Gasteiger partial charge on any atom is -0.353 e. The molecule has 0 aliphatic carbocycles. The Balaban J connectivity index is 1.29. The lowest BCUT2D eigenvalue weighted by molar-refractivity contribution is -0.133. The number of nitrogens with one attached hydrogen (secondary N) is 1. The molecule has 2 amide bonds. The molecular weight excluding hydrogens is 389 g/mol. The molecule has 0 radical (unpaired) electrons. The first-order valence-electron chi connectivity index (χ1n) is 9.71. The van der Waals surface area contributed by atoms with Crippen LogP contribution in [0.4, 0.5) is 10.2 Å². The minimum absolute atomic E-state index is 0.0358. The highest BCUT2D eigenvalue weighted by atomic mass is 19.1. The van der Waals surface area contributed by atoms with E-state index in [2.05, 4.69) is 25.3 Å². The summed E-state index contributed by atoms with van der Waals surface area (Å²) in [5.41, 5.74) is 1.42. The number of hydrogen-bond donors (Lipinski definition) is 1. The molecule has 0 unspecified atom stereocenters. The molecule has 0 atom stereocenters. The number of nitrogens with zero attached hydrogens (tertiary/aromatic N) is 6. The molecule has 1 aliphatic rings. The van der Waals surface area contributed by atoms with Gasteiger partial charge in [0.05, 0.1) is 13.0 Å². The monoisotopic (exact) mass is 411 g/mol. The Kier molecular flexibility index (Phi) is 5.55. The molecule has 4 rings (SSSR count). The Morgan fingerprint density at radius 1 is 1.17 bits per heavy atom. The standard InChI is InChI=1S/C20H22FN7O2/c1-14-9-18(28-20(25-14)23-13-24-28)26-5-7-27(8-6-26)19(30)12-22-17(29)11-15-3-2-4-16(21)10-15/h2-4,9-10,13H,5-8,11-12H2,1H3,(H,22,29). The largest absolute Gasteiger partial charge is 0.353 e. The van der Waals surface area contributed by atoms with Crippen molar-refractivity contribution in [2.45, 2.75) is 13.3 Å². The van der Waals surface area contributed by atoms with Gasteiger partial charge >= 0.3 is 0 Å². The maximum Gasteiger partial charge on any atom is 0.254 e. The van der Waals surface area contributed by atoms with Crippen molar-refractivity contribution in [3.8, 4) is 0 Å². The zero-order valence-corrected chi connectivity index (χ0v) is 16.6. The van der Waals surface area contributed by atoms with Crippen LogP contribution in [-0.4, -0.2) is 69.0 Å². The number of halogens is 1. The van der Waals surface area contributed by atoms with Crippen molar-refractivity contribution >= 4 is 23.4 Å². The second-order valence-electron chi connectivity index (χ2n) is 7.18. The molecule has 1 saturated heterocycles. The number of hydrogen-bond acceptors (Lipinski definition) is 6. The summed E-state index contributed by atoms with van der Waals surface area (Å²) in [4.78, 5) is 36.9. The third-order valence-electron chi connectivity index (χ3n) is 5.01. The van der Waals surface area contributed by atoms with Gasteiger partial charge < -0.3 is 15.1 Å². The van der Waals surface area contributed by atoms with Gasteiger partial charge in [0.25, 0.3) is 5.78 Å². The van der Waals surface area contributed by atoms with Crippen molar-refractivity contribution < 1.29 is 14.0 Å². The van der Waals surface area contributed by atoms with E-state index in [0.29, 0.717) is 37.5 Å². The number of aromatic nitrogens is 4. The predicted molar refractivity (Wildman–Crippen MR) is 107 cm³/mol. The van der Waals surface area contributed by atoms with Crippen molar-refractivity contribution in [3.05, 3.63) is 53.7 Å². The molecule has 1 fully saturated rings. The number of anilines is 1. The molecule has 2 aromatic heterocycles. The van der Waals surface area contributed by atoms with Crippen LogP contribution in [0.15, 0.2) is 36.7 Å². The van der Waals surface area contributed by atoms with Gasteiger partial charge in [-0.3, -0.25) is 9.59 Å². The number of benzene rings is 1. The maximum absolute atomic E-state index is 13.2. The number of piperazine rings is 1. The Hall–Kier alpha value is -3.56. The summed E-state index contributed by atoms with van der Waals surface area (Å²) in [7, 11) is 0. The van der Waals surface area contributed by atoms with E-state index in [1.54, 1.807) is 21.5 Å². The lowest BCUT2D eigenvalue weighted by Crippen LogP contribution is -2.51. The van der Waals surface area contributed by atoms with Gasteiger partial charge in [0.2, 0.25) is 11.8 Å². The molecule has 9 nitrogen and oxygen atoms in total. The van der Waals surface area contributed by atoms with Crippen LogP contribution < -0.4 is 10.2 Å². The Labute approximate surface area is 172 Å². The second kappa shape index (κ2) is 8.44. The molecule has 0 bridgehead atoms. The lowest BCUT2D eigenvalue weighted by Gasteiger charge is -2.36. The van der Waals surface area contributed by atoms with Crippen LogP contribution in [0.1, 0.15) is 11.3 Å². The van der Waals surface area contributed by atoms with Crippen molar-refractivity contribution in [1.82, 2.24) is 29.8 Å². The van der Waals surface area contributed by atoms with Crippen LogP contribution >= 0.6 is 0 Å². The fraction of sp³-hybridized carbons (Fsp3) is 0.350. The van der Waals surface area contributed by atoms with Gasteiger partial charge in [0, 0.05) is 37.9 Å². The molecule has 30 heavy (non-hydrogen) atoms. The summed E-state index contributed by atoms with van der Waals surface area (Å²) >= 11 is 0. The van der Waals surface area contributed by atoms with E-state index in [4.69, 9.17) is 0 Å².